The van der Waals surface area contributed by atoms with E-state index in [9.17, 15) is 8.78 Å². The maximum absolute atomic E-state index is 12.4. The summed E-state index contributed by atoms with van der Waals surface area (Å²) in [7, 11) is 0. The Hall–Kier alpha value is -0.420. The van der Waals surface area contributed by atoms with Gasteiger partial charge >= 0.3 is 0 Å². The van der Waals surface area contributed by atoms with Crippen molar-refractivity contribution in [1.82, 2.24) is 4.98 Å². The third-order valence-corrected chi connectivity index (χ3v) is 2.39. The SMILES string of the molecule is Oc1cnc(CBr)c(C(F)F)c1Cl. The number of halogens is 4. The predicted octanol–water partition coefficient (Wildman–Crippen LogP) is 3.27. The molecule has 1 rings (SSSR count). The van der Waals surface area contributed by atoms with E-state index in [0.717, 1.165) is 6.20 Å². The van der Waals surface area contributed by atoms with E-state index < -0.39 is 17.7 Å². The number of hydrogen-bond acceptors (Lipinski definition) is 2. The molecule has 0 saturated carbocycles. The Balaban J connectivity index is 3.32. The Morgan fingerprint density at radius 1 is 1.62 bits per heavy atom. The molecule has 0 unspecified atom stereocenters. The van der Waals surface area contributed by atoms with E-state index in [-0.39, 0.29) is 16.0 Å². The molecule has 0 aromatic carbocycles. The first kappa shape index (κ1) is 10.7. The fourth-order valence-corrected chi connectivity index (χ4v) is 1.55. The van der Waals surface area contributed by atoms with Crippen molar-refractivity contribution in [3.8, 4) is 5.75 Å². The van der Waals surface area contributed by atoms with Gasteiger partial charge in [0.1, 0.15) is 0 Å². The van der Waals surface area contributed by atoms with Gasteiger partial charge < -0.3 is 5.11 Å². The van der Waals surface area contributed by atoms with E-state index in [4.69, 9.17) is 16.7 Å². The van der Waals surface area contributed by atoms with Gasteiger partial charge in [0, 0.05) is 5.33 Å². The lowest BCUT2D eigenvalue weighted by Gasteiger charge is -2.08. The average molecular weight is 272 g/mol. The molecule has 0 radical (unpaired) electrons. The van der Waals surface area contributed by atoms with Crippen LogP contribution in [0.3, 0.4) is 0 Å². The van der Waals surface area contributed by atoms with Crippen LogP contribution in [0.5, 0.6) is 5.75 Å². The number of hydrogen-bond donors (Lipinski definition) is 1. The summed E-state index contributed by atoms with van der Waals surface area (Å²) in [6, 6.07) is 0. The van der Waals surface area contributed by atoms with Crippen LogP contribution in [0.15, 0.2) is 6.20 Å². The van der Waals surface area contributed by atoms with Crippen LogP contribution in [-0.2, 0) is 5.33 Å². The first-order valence-electron chi connectivity index (χ1n) is 3.28. The largest absolute Gasteiger partial charge is 0.505 e. The van der Waals surface area contributed by atoms with Crippen LogP contribution in [0.25, 0.3) is 0 Å². The standard InChI is InChI=1S/C7H5BrClF2NO/c8-1-3-5(7(10)11)6(9)4(13)2-12-3/h2,7,13H,1H2. The van der Waals surface area contributed by atoms with Gasteiger partial charge in [0.15, 0.2) is 5.75 Å². The van der Waals surface area contributed by atoms with Gasteiger partial charge in [-0.3, -0.25) is 4.98 Å². The first-order chi connectivity index (χ1) is 6.07. The van der Waals surface area contributed by atoms with Crippen LogP contribution >= 0.6 is 27.5 Å². The zero-order valence-corrected chi connectivity index (χ0v) is 8.61. The second-order valence-corrected chi connectivity index (χ2v) is 3.19. The Labute approximate surface area is 86.7 Å². The second kappa shape index (κ2) is 4.19. The molecule has 1 heterocycles. The first-order valence-corrected chi connectivity index (χ1v) is 4.78. The average Bonchev–Trinajstić information content (AvgIpc) is 2.08. The summed E-state index contributed by atoms with van der Waals surface area (Å²) in [6.07, 6.45) is -1.69. The smallest absolute Gasteiger partial charge is 0.267 e. The van der Waals surface area contributed by atoms with Crippen molar-refractivity contribution in [2.75, 3.05) is 0 Å². The van der Waals surface area contributed by atoms with Crippen molar-refractivity contribution in [2.24, 2.45) is 0 Å². The molecule has 0 spiro atoms. The van der Waals surface area contributed by atoms with Gasteiger partial charge in [-0.25, -0.2) is 8.78 Å². The van der Waals surface area contributed by atoms with Crippen LogP contribution < -0.4 is 0 Å². The summed E-state index contributed by atoms with van der Waals surface area (Å²) in [5.41, 5.74) is -0.281. The van der Waals surface area contributed by atoms with Crippen molar-refractivity contribution >= 4 is 27.5 Å². The highest BCUT2D eigenvalue weighted by Gasteiger charge is 2.20. The fraction of sp³-hybridized carbons (Fsp3) is 0.286. The molecule has 1 aromatic rings. The van der Waals surface area contributed by atoms with Gasteiger partial charge in [0.25, 0.3) is 6.43 Å². The summed E-state index contributed by atoms with van der Waals surface area (Å²) < 4.78 is 24.8. The van der Waals surface area contributed by atoms with E-state index in [2.05, 4.69) is 20.9 Å². The number of aromatic nitrogens is 1. The highest BCUT2D eigenvalue weighted by molar-refractivity contribution is 9.08. The molecule has 0 aliphatic rings. The minimum absolute atomic E-state index is 0.137. The minimum atomic E-state index is -2.74. The topological polar surface area (TPSA) is 33.1 Å². The van der Waals surface area contributed by atoms with E-state index in [0.29, 0.717) is 0 Å². The Kier molecular flexibility index (Phi) is 3.44. The van der Waals surface area contributed by atoms with E-state index in [1.54, 1.807) is 0 Å². The summed E-state index contributed by atoms with van der Waals surface area (Å²) in [5, 5.41) is 8.87. The van der Waals surface area contributed by atoms with Crippen molar-refractivity contribution in [1.29, 1.82) is 0 Å². The highest BCUT2D eigenvalue weighted by Crippen LogP contribution is 2.35. The maximum atomic E-state index is 12.4. The van der Waals surface area contributed by atoms with Crippen molar-refractivity contribution < 1.29 is 13.9 Å². The van der Waals surface area contributed by atoms with E-state index in [1.807, 2.05) is 0 Å². The number of rotatable bonds is 2. The van der Waals surface area contributed by atoms with Crippen molar-refractivity contribution in [3.05, 3.63) is 22.5 Å². The van der Waals surface area contributed by atoms with Gasteiger partial charge in [0.05, 0.1) is 22.5 Å². The zero-order chi connectivity index (χ0) is 10.0. The molecular weight excluding hydrogens is 267 g/mol. The third-order valence-electron chi connectivity index (χ3n) is 1.46. The molecule has 0 bridgehead atoms. The molecule has 0 aliphatic heterocycles. The van der Waals surface area contributed by atoms with Crippen molar-refractivity contribution in [2.45, 2.75) is 11.8 Å². The van der Waals surface area contributed by atoms with Crippen LogP contribution in [0.4, 0.5) is 8.78 Å². The highest BCUT2D eigenvalue weighted by atomic mass is 79.9. The molecule has 0 saturated heterocycles. The molecular formula is C7H5BrClF2NO. The lowest BCUT2D eigenvalue weighted by atomic mass is 10.2. The van der Waals surface area contributed by atoms with Gasteiger partial charge in [-0.2, -0.15) is 0 Å². The normalized spacial score (nSPS) is 10.8. The molecule has 0 atom stereocenters. The molecule has 2 nitrogen and oxygen atoms in total. The number of nitrogens with zero attached hydrogens (tertiary/aromatic N) is 1. The van der Waals surface area contributed by atoms with E-state index in [1.165, 1.54) is 0 Å². The fourth-order valence-electron chi connectivity index (χ4n) is 0.858. The number of pyridine rings is 1. The second-order valence-electron chi connectivity index (χ2n) is 2.25. The minimum Gasteiger partial charge on any atom is -0.505 e. The Bertz CT molecular complexity index is 322. The van der Waals surface area contributed by atoms with Crippen LogP contribution in [0, 0.1) is 0 Å². The van der Waals surface area contributed by atoms with Crippen LogP contribution in [0.1, 0.15) is 17.7 Å². The lowest BCUT2D eigenvalue weighted by Crippen LogP contribution is -1.97. The monoisotopic (exact) mass is 271 g/mol. The molecule has 0 aliphatic carbocycles. The predicted molar refractivity (Wildman–Crippen MR) is 48.5 cm³/mol. The van der Waals surface area contributed by atoms with Gasteiger partial charge in [-0.1, -0.05) is 27.5 Å². The van der Waals surface area contributed by atoms with Gasteiger partial charge in [-0.05, 0) is 0 Å². The third kappa shape index (κ3) is 2.08. The quantitative estimate of drug-likeness (QED) is 0.838. The summed E-state index contributed by atoms with van der Waals surface area (Å²) >= 11 is 8.48. The summed E-state index contributed by atoms with van der Waals surface area (Å²) in [5.74, 6) is -0.429. The molecule has 0 fully saturated rings. The Morgan fingerprint density at radius 3 is 2.69 bits per heavy atom. The van der Waals surface area contributed by atoms with Crippen molar-refractivity contribution in [3.63, 3.8) is 0 Å². The maximum Gasteiger partial charge on any atom is 0.267 e. The molecule has 1 aromatic heterocycles. The molecule has 1 N–H and O–H groups in total. The number of aromatic hydroxyl groups is 1. The summed E-state index contributed by atoms with van der Waals surface area (Å²) in [4.78, 5) is 3.62. The molecule has 13 heavy (non-hydrogen) atoms. The molecule has 6 heteroatoms. The lowest BCUT2D eigenvalue weighted by molar-refractivity contribution is 0.149. The van der Waals surface area contributed by atoms with Crippen LogP contribution in [0.2, 0.25) is 5.02 Å². The number of alkyl halides is 3. The molecule has 0 amide bonds. The van der Waals surface area contributed by atoms with Gasteiger partial charge in [0.2, 0.25) is 0 Å². The van der Waals surface area contributed by atoms with E-state index >= 15 is 0 Å². The van der Waals surface area contributed by atoms with Crippen LogP contribution in [-0.4, -0.2) is 10.1 Å². The van der Waals surface area contributed by atoms with Gasteiger partial charge in [-0.15, -0.1) is 0 Å². The zero-order valence-electron chi connectivity index (χ0n) is 6.27. The molecule has 72 valence electrons. The summed E-state index contributed by atoms with van der Waals surface area (Å²) in [6.45, 7) is 0. The Morgan fingerprint density at radius 2 is 2.23 bits per heavy atom.